The lowest BCUT2D eigenvalue weighted by atomic mass is 9.90. The van der Waals surface area contributed by atoms with E-state index in [1.807, 2.05) is 12.1 Å². The second kappa shape index (κ2) is 9.30. The van der Waals surface area contributed by atoms with E-state index in [-0.39, 0.29) is 17.3 Å². The van der Waals surface area contributed by atoms with Crippen molar-refractivity contribution in [3.05, 3.63) is 69.7 Å². The molecule has 11 heteroatoms. The fourth-order valence-electron chi connectivity index (χ4n) is 4.43. The number of methoxy groups -OCH3 is 1. The predicted octanol–water partition coefficient (Wildman–Crippen LogP) is 4.21. The monoisotopic (exact) mass is 495 g/mol. The molecule has 3 heterocycles. The fourth-order valence-corrected chi connectivity index (χ4v) is 4.70. The van der Waals surface area contributed by atoms with E-state index < -0.39 is 6.16 Å². The first-order valence-corrected chi connectivity index (χ1v) is 11.4. The van der Waals surface area contributed by atoms with Gasteiger partial charge in [0.05, 0.1) is 41.1 Å². The summed E-state index contributed by atoms with van der Waals surface area (Å²) in [6.07, 6.45) is 3.10. The number of rotatable bonds is 5. The van der Waals surface area contributed by atoms with E-state index in [0.29, 0.717) is 21.8 Å². The van der Waals surface area contributed by atoms with Gasteiger partial charge >= 0.3 is 6.16 Å². The van der Waals surface area contributed by atoms with Gasteiger partial charge in [-0.3, -0.25) is 9.78 Å². The number of nitrogens with one attached hydrogen (secondary N) is 1. The van der Waals surface area contributed by atoms with Gasteiger partial charge in [-0.25, -0.2) is 14.5 Å². The maximum atomic E-state index is 12.9. The van der Waals surface area contributed by atoms with Crippen molar-refractivity contribution in [2.75, 3.05) is 25.1 Å². The zero-order valence-corrected chi connectivity index (χ0v) is 19.5. The van der Waals surface area contributed by atoms with Crippen molar-refractivity contribution >= 4 is 34.3 Å². The molecule has 1 aliphatic rings. The van der Waals surface area contributed by atoms with Crippen LogP contribution < -0.4 is 19.9 Å². The van der Waals surface area contributed by atoms with Crippen molar-refractivity contribution in [2.24, 2.45) is 0 Å². The van der Waals surface area contributed by atoms with Gasteiger partial charge in [0.25, 0.3) is 5.56 Å². The number of H-pyrrole nitrogens is 1. The molecule has 35 heavy (non-hydrogen) atoms. The van der Waals surface area contributed by atoms with Gasteiger partial charge in [0.1, 0.15) is 5.75 Å². The minimum absolute atomic E-state index is 0.00400. The van der Waals surface area contributed by atoms with E-state index >= 15 is 0 Å². The minimum atomic E-state index is -1.46. The van der Waals surface area contributed by atoms with E-state index in [9.17, 15) is 9.59 Å². The summed E-state index contributed by atoms with van der Waals surface area (Å²) in [7, 11) is 1.66. The lowest BCUT2D eigenvalue weighted by Crippen LogP contribution is -2.34. The highest BCUT2D eigenvalue weighted by Crippen LogP contribution is 2.36. The summed E-state index contributed by atoms with van der Waals surface area (Å²) < 4.78 is 11.2. The molecule has 5 rings (SSSR count). The molecule has 2 aromatic heterocycles. The number of aromatic nitrogens is 4. The third-order valence-electron chi connectivity index (χ3n) is 6.07. The van der Waals surface area contributed by atoms with Gasteiger partial charge in [-0.15, -0.1) is 0 Å². The number of piperidine rings is 1. The number of carboxylic acid groups (broad SMARTS) is 1. The smallest absolute Gasteiger partial charge is 0.497 e. The quantitative estimate of drug-likeness (QED) is 0.395. The lowest BCUT2D eigenvalue weighted by Gasteiger charge is -2.35. The second-order valence-corrected chi connectivity index (χ2v) is 8.67. The van der Waals surface area contributed by atoms with Crippen molar-refractivity contribution in [2.45, 2.75) is 18.8 Å². The average Bonchev–Trinajstić information content (AvgIpc) is 3.31. The number of halogens is 1. The summed E-state index contributed by atoms with van der Waals surface area (Å²) in [5, 5.41) is 13.6. The maximum Gasteiger partial charge on any atom is 0.511 e. The van der Waals surface area contributed by atoms with Gasteiger partial charge in [-0.05, 0) is 42.7 Å². The minimum Gasteiger partial charge on any atom is -0.497 e. The van der Waals surface area contributed by atoms with Crippen molar-refractivity contribution in [1.29, 1.82) is 0 Å². The Morgan fingerprint density at radius 3 is 2.91 bits per heavy atom. The number of nitrogens with zero attached hydrogens (tertiary/aromatic N) is 4. The van der Waals surface area contributed by atoms with Crippen LogP contribution in [0.1, 0.15) is 24.3 Å². The Morgan fingerprint density at radius 1 is 1.26 bits per heavy atom. The first-order valence-electron chi connectivity index (χ1n) is 11.0. The van der Waals surface area contributed by atoms with E-state index in [1.54, 1.807) is 19.2 Å². The van der Waals surface area contributed by atoms with Crippen LogP contribution in [-0.4, -0.2) is 51.2 Å². The Kier molecular flexibility index (Phi) is 6.04. The topological polar surface area (TPSA) is 123 Å². The fraction of sp³-hybridized carbons (Fsp3) is 0.250. The summed E-state index contributed by atoms with van der Waals surface area (Å²) in [5.74, 6) is 1.26. The van der Waals surface area contributed by atoms with Crippen LogP contribution in [0.15, 0.2) is 53.6 Å². The van der Waals surface area contributed by atoms with Gasteiger partial charge < -0.3 is 19.5 Å². The third kappa shape index (κ3) is 4.65. The first kappa shape index (κ1) is 22.7. The molecular formula is C24H22ClN5O5. The average molecular weight is 496 g/mol. The summed E-state index contributed by atoms with van der Waals surface area (Å²) in [6, 6.07) is 11.5. The number of hydrogen-bond donors (Lipinski definition) is 2. The molecule has 1 unspecified atom stereocenters. The van der Waals surface area contributed by atoms with Crippen LogP contribution in [-0.2, 0) is 0 Å². The Labute approximate surface area is 204 Å². The normalized spacial score (nSPS) is 15.8. The van der Waals surface area contributed by atoms with Gasteiger partial charge in [0.15, 0.2) is 5.75 Å². The molecule has 0 aliphatic carbocycles. The lowest BCUT2D eigenvalue weighted by molar-refractivity contribution is 0.144. The Morgan fingerprint density at radius 2 is 2.11 bits per heavy atom. The van der Waals surface area contributed by atoms with Crippen LogP contribution in [0.4, 0.5) is 10.5 Å². The standard InChI is InChI=1S/C24H22ClN5O5/c1-34-16-6-2-4-14(8-16)15-5-3-7-29(12-15)21-9-18-20(10-19(21)25)27-23(28-22(18)31)30-13-17(11-26-30)35-24(32)33/h2,4,6,8-11,13,15H,3,5,7,12H2,1H3,(H,32,33)(H,27,28,31). The third-order valence-corrected chi connectivity index (χ3v) is 6.37. The van der Waals surface area contributed by atoms with Crippen molar-refractivity contribution in [3.63, 3.8) is 0 Å². The second-order valence-electron chi connectivity index (χ2n) is 8.26. The van der Waals surface area contributed by atoms with Crippen LogP contribution in [0, 0.1) is 0 Å². The zero-order chi connectivity index (χ0) is 24.5. The van der Waals surface area contributed by atoms with Crippen LogP contribution in [0.2, 0.25) is 5.02 Å². The maximum absolute atomic E-state index is 12.9. The van der Waals surface area contributed by atoms with Crippen LogP contribution in [0.25, 0.3) is 16.9 Å². The number of carbonyl (C=O) groups is 1. The molecule has 2 aromatic carbocycles. The molecule has 0 bridgehead atoms. The molecule has 4 aromatic rings. The largest absolute Gasteiger partial charge is 0.511 e. The number of ether oxygens (including phenoxy) is 2. The Bertz CT molecular complexity index is 1470. The number of benzene rings is 2. The molecular weight excluding hydrogens is 474 g/mol. The number of anilines is 1. The number of hydrogen-bond acceptors (Lipinski definition) is 7. The molecule has 0 spiro atoms. The molecule has 1 saturated heterocycles. The molecule has 2 N–H and O–H groups in total. The van der Waals surface area contributed by atoms with Gasteiger partial charge in [0, 0.05) is 19.0 Å². The van der Waals surface area contributed by atoms with Crippen molar-refractivity contribution in [1.82, 2.24) is 19.7 Å². The predicted molar refractivity (Wildman–Crippen MR) is 130 cm³/mol. The summed E-state index contributed by atoms with van der Waals surface area (Å²) in [5.41, 5.74) is 2.03. The molecule has 180 valence electrons. The highest BCUT2D eigenvalue weighted by Gasteiger charge is 2.24. The molecule has 0 saturated carbocycles. The van der Waals surface area contributed by atoms with E-state index in [2.05, 4.69) is 36.8 Å². The Hall–Kier alpha value is -4.05. The SMILES string of the molecule is COc1cccc(C2CCCN(c3cc4c(=O)[nH]c(-n5cc(OC(=O)O)cn5)nc4cc3Cl)C2)c1. The zero-order valence-electron chi connectivity index (χ0n) is 18.8. The summed E-state index contributed by atoms with van der Waals surface area (Å²) >= 11 is 6.67. The van der Waals surface area contributed by atoms with Crippen LogP contribution >= 0.6 is 11.6 Å². The molecule has 0 radical (unpaired) electrons. The van der Waals surface area contributed by atoms with E-state index in [0.717, 1.165) is 37.4 Å². The van der Waals surface area contributed by atoms with Crippen molar-refractivity contribution in [3.8, 4) is 17.4 Å². The summed E-state index contributed by atoms with van der Waals surface area (Å²) in [6.45, 7) is 1.59. The first-order chi connectivity index (χ1) is 16.9. The molecule has 1 aliphatic heterocycles. The van der Waals surface area contributed by atoms with Crippen LogP contribution in [0.5, 0.6) is 11.5 Å². The molecule has 1 atom stereocenters. The van der Waals surface area contributed by atoms with Gasteiger partial charge in [-0.1, -0.05) is 23.7 Å². The van der Waals surface area contributed by atoms with Crippen LogP contribution in [0.3, 0.4) is 0 Å². The molecule has 1 fully saturated rings. The molecule has 10 nitrogen and oxygen atoms in total. The van der Waals surface area contributed by atoms with Gasteiger partial charge in [0.2, 0.25) is 5.95 Å². The summed E-state index contributed by atoms with van der Waals surface area (Å²) in [4.78, 5) is 33.0. The number of fused-ring (bicyclic) bond motifs is 1. The molecule has 0 amide bonds. The highest BCUT2D eigenvalue weighted by molar-refractivity contribution is 6.34. The van der Waals surface area contributed by atoms with Crippen molar-refractivity contribution < 1.29 is 19.4 Å². The Balaban J connectivity index is 1.45. The number of aromatic amines is 1. The van der Waals surface area contributed by atoms with E-state index in [4.69, 9.17) is 21.4 Å². The highest BCUT2D eigenvalue weighted by atomic mass is 35.5. The van der Waals surface area contributed by atoms with Gasteiger partial charge in [-0.2, -0.15) is 5.10 Å². The van der Waals surface area contributed by atoms with E-state index in [1.165, 1.54) is 22.6 Å².